The standard InChI is InChI=1S/C12H21N3/c1-4-15-12(7-9(2)3)10-8-14-6-5-11(10)13/h5-6,8-9,12,15H,4,7H2,1-3H3,(H2,13,14). The first-order valence-corrected chi connectivity index (χ1v) is 5.57. The highest BCUT2D eigenvalue weighted by molar-refractivity contribution is 5.46. The molecule has 0 aliphatic carbocycles. The van der Waals surface area contributed by atoms with Gasteiger partial charge in [0.2, 0.25) is 0 Å². The van der Waals surface area contributed by atoms with Gasteiger partial charge < -0.3 is 11.1 Å². The van der Waals surface area contributed by atoms with Crippen LogP contribution in [0.4, 0.5) is 5.69 Å². The van der Waals surface area contributed by atoms with Crippen LogP contribution in [0.5, 0.6) is 0 Å². The quantitative estimate of drug-likeness (QED) is 0.779. The molecule has 0 saturated heterocycles. The van der Waals surface area contributed by atoms with E-state index in [1.165, 1.54) is 0 Å². The van der Waals surface area contributed by atoms with Crippen molar-refractivity contribution in [2.24, 2.45) is 5.92 Å². The molecule has 1 aromatic heterocycles. The van der Waals surface area contributed by atoms with E-state index in [2.05, 4.69) is 31.1 Å². The number of anilines is 1. The van der Waals surface area contributed by atoms with Crippen molar-refractivity contribution in [2.45, 2.75) is 33.2 Å². The van der Waals surface area contributed by atoms with Crippen molar-refractivity contribution >= 4 is 5.69 Å². The van der Waals surface area contributed by atoms with Gasteiger partial charge >= 0.3 is 0 Å². The third kappa shape index (κ3) is 3.51. The van der Waals surface area contributed by atoms with Crippen LogP contribution < -0.4 is 11.1 Å². The Morgan fingerprint density at radius 3 is 2.73 bits per heavy atom. The highest BCUT2D eigenvalue weighted by Crippen LogP contribution is 2.24. The molecule has 3 N–H and O–H groups in total. The second-order valence-corrected chi connectivity index (χ2v) is 4.24. The molecule has 3 heteroatoms. The summed E-state index contributed by atoms with van der Waals surface area (Å²) in [7, 11) is 0. The van der Waals surface area contributed by atoms with E-state index in [0.717, 1.165) is 24.2 Å². The van der Waals surface area contributed by atoms with Gasteiger partial charge in [-0.05, 0) is 24.9 Å². The fourth-order valence-electron chi connectivity index (χ4n) is 1.75. The summed E-state index contributed by atoms with van der Waals surface area (Å²) >= 11 is 0. The first-order chi connectivity index (χ1) is 7.15. The van der Waals surface area contributed by atoms with Gasteiger partial charge in [0.05, 0.1) is 0 Å². The molecule has 0 aromatic carbocycles. The van der Waals surface area contributed by atoms with Crippen molar-refractivity contribution in [1.29, 1.82) is 0 Å². The highest BCUT2D eigenvalue weighted by Gasteiger charge is 2.14. The van der Waals surface area contributed by atoms with Crippen LogP contribution in [-0.2, 0) is 0 Å². The van der Waals surface area contributed by atoms with Crippen LogP contribution in [-0.4, -0.2) is 11.5 Å². The molecule has 1 rings (SSSR count). The van der Waals surface area contributed by atoms with Crippen LogP contribution >= 0.6 is 0 Å². The van der Waals surface area contributed by atoms with E-state index >= 15 is 0 Å². The molecule has 0 bridgehead atoms. The van der Waals surface area contributed by atoms with Gasteiger partial charge in [0.15, 0.2) is 0 Å². The maximum Gasteiger partial charge on any atom is 0.0393 e. The van der Waals surface area contributed by atoms with E-state index in [-0.39, 0.29) is 0 Å². The normalized spacial score (nSPS) is 13.1. The molecule has 15 heavy (non-hydrogen) atoms. The molecule has 0 radical (unpaired) electrons. The first kappa shape index (κ1) is 12.0. The summed E-state index contributed by atoms with van der Waals surface area (Å²) in [6.45, 7) is 7.50. The van der Waals surface area contributed by atoms with E-state index in [9.17, 15) is 0 Å². The third-order valence-electron chi connectivity index (χ3n) is 2.42. The molecule has 0 amide bonds. The number of nitrogens with zero attached hydrogens (tertiary/aromatic N) is 1. The molecule has 1 aromatic rings. The Bertz CT molecular complexity index is 297. The van der Waals surface area contributed by atoms with E-state index in [0.29, 0.717) is 12.0 Å². The van der Waals surface area contributed by atoms with E-state index in [1.807, 2.05) is 12.3 Å². The van der Waals surface area contributed by atoms with Gasteiger partial charge in [-0.25, -0.2) is 0 Å². The molecular formula is C12H21N3. The minimum atomic E-state index is 0.323. The van der Waals surface area contributed by atoms with Crippen molar-refractivity contribution < 1.29 is 0 Å². The topological polar surface area (TPSA) is 50.9 Å². The molecule has 3 nitrogen and oxygen atoms in total. The minimum Gasteiger partial charge on any atom is -0.398 e. The van der Waals surface area contributed by atoms with Crippen molar-refractivity contribution in [2.75, 3.05) is 12.3 Å². The lowest BCUT2D eigenvalue weighted by molar-refractivity contribution is 0.438. The maximum atomic E-state index is 5.95. The number of aromatic nitrogens is 1. The number of hydrogen-bond acceptors (Lipinski definition) is 3. The Morgan fingerprint density at radius 2 is 2.20 bits per heavy atom. The lowest BCUT2D eigenvalue weighted by Gasteiger charge is -2.21. The second-order valence-electron chi connectivity index (χ2n) is 4.24. The van der Waals surface area contributed by atoms with Gasteiger partial charge in [0, 0.05) is 29.7 Å². The number of nitrogens with two attached hydrogens (primary N) is 1. The zero-order chi connectivity index (χ0) is 11.3. The fraction of sp³-hybridized carbons (Fsp3) is 0.583. The summed E-state index contributed by atoms with van der Waals surface area (Å²) < 4.78 is 0. The molecule has 84 valence electrons. The third-order valence-corrected chi connectivity index (χ3v) is 2.42. The smallest absolute Gasteiger partial charge is 0.0393 e. The van der Waals surface area contributed by atoms with Crippen LogP contribution in [0.25, 0.3) is 0 Å². The van der Waals surface area contributed by atoms with Gasteiger partial charge in [-0.15, -0.1) is 0 Å². The molecule has 1 atom stereocenters. The highest BCUT2D eigenvalue weighted by atomic mass is 14.9. The second kappa shape index (κ2) is 5.71. The Labute approximate surface area is 92.1 Å². The van der Waals surface area contributed by atoms with E-state index < -0.39 is 0 Å². The predicted molar refractivity (Wildman–Crippen MR) is 64.5 cm³/mol. The van der Waals surface area contributed by atoms with Crippen LogP contribution in [0.2, 0.25) is 0 Å². The molecule has 0 spiro atoms. The van der Waals surface area contributed by atoms with E-state index in [1.54, 1.807) is 6.20 Å². The molecule has 0 saturated carbocycles. The number of hydrogen-bond donors (Lipinski definition) is 2. The number of nitrogens with one attached hydrogen (secondary N) is 1. The van der Waals surface area contributed by atoms with E-state index in [4.69, 9.17) is 5.73 Å². The lowest BCUT2D eigenvalue weighted by Crippen LogP contribution is -2.23. The number of nitrogen functional groups attached to an aromatic ring is 1. The Morgan fingerprint density at radius 1 is 1.47 bits per heavy atom. The fourth-order valence-corrected chi connectivity index (χ4v) is 1.75. The van der Waals surface area contributed by atoms with Crippen molar-refractivity contribution in [1.82, 2.24) is 10.3 Å². The van der Waals surface area contributed by atoms with Crippen LogP contribution in [0, 0.1) is 5.92 Å². The SMILES string of the molecule is CCNC(CC(C)C)c1cnccc1N. The molecule has 0 fully saturated rings. The van der Waals surface area contributed by atoms with Gasteiger partial charge in [-0.1, -0.05) is 20.8 Å². The van der Waals surface area contributed by atoms with Gasteiger partial charge in [0.25, 0.3) is 0 Å². The summed E-state index contributed by atoms with van der Waals surface area (Å²) in [5.41, 5.74) is 7.90. The minimum absolute atomic E-state index is 0.323. The Hall–Kier alpha value is -1.09. The van der Waals surface area contributed by atoms with Crippen molar-refractivity contribution in [3.8, 4) is 0 Å². The van der Waals surface area contributed by atoms with Crippen LogP contribution in [0.15, 0.2) is 18.5 Å². The van der Waals surface area contributed by atoms with Crippen LogP contribution in [0.1, 0.15) is 38.8 Å². The van der Waals surface area contributed by atoms with Gasteiger partial charge in [-0.2, -0.15) is 0 Å². The monoisotopic (exact) mass is 207 g/mol. The summed E-state index contributed by atoms with van der Waals surface area (Å²) in [6, 6.07) is 2.18. The first-order valence-electron chi connectivity index (χ1n) is 5.57. The maximum absolute atomic E-state index is 5.95. The molecule has 1 unspecified atom stereocenters. The Kier molecular flexibility index (Phi) is 4.56. The number of pyridine rings is 1. The summed E-state index contributed by atoms with van der Waals surface area (Å²) in [4.78, 5) is 4.14. The summed E-state index contributed by atoms with van der Waals surface area (Å²) in [5, 5.41) is 3.45. The average molecular weight is 207 g/mol. The van der Waals surface area contributed by atoms with Crippen molar-refractivity contribution in [3.05, 3.63) is 24.0 Å². The largest absolute Gasteiger partial charge is 0.398 e. The lowest BCUT2D eigenvalue weighted by atomic mass is 9.97. The zero-order valence-corrected chi connectivity index (χ0v) is 9.83. The van der Waals surface area contributed by atoms with Crippen LogP contribution in [0.3, 0.4) is 0 Å². The molecule has 1 heterocycles. The van der Waals surface area contributed by atoms with Crippen molar-refractivity contribution in [3.63, 3.8) is 0 Å². The number of rotatable bonds is 5. The Balaban J connectivity index is 2.83. The summed E-state index contributed by atoms with van der Waals surface area (Å²) in [6.07, 6.45) is 4.69. The van der Waals surface area contributed by atoms with Gasteiger partial charge in [0.1, 0.15) is 0 Å². The summed E-state index contributed by atoms with van der Waals surface area (Å²) in [5.74, 6) is 0.647. The molecule has 0 aliphatic rings. The molecular weight excluding hydrogens is 186 g/mol. The predicted octanol–water partition coefficient (Wildman–Crippen LogP) is 2.36. The average Bonchev–Trinajstić information content (AvgIpc) is 2.17. The van der Waals surface area contributed by atoms with Gasteiger partial charge in [-0.3, -0.25) is 4.98 Å². The molecule has 0 aliphatic heterocycles. The zero-order valence-electron chi connectivity index (χ0n) is 9.83.